The second-order valence-corrected chi connectivity index (χ2v) is 4.17. The zero-order valence-corrected chi connectivity index (χ0v) is 9.16. The SMILES string of the molecule is CC(C)(CN)NC(=O)Cc1cccnc1. The normalized spacial score (nSPS) is 11.1. The first-order valence-corrected chi connectivity index (χ1v) is 4.93. The van der Waals surface area contributed by atoms with Crippen molar-refractivity contribution < 1.29 is 4.79 Å². The number of amides is 1. The molecule has 4 nitrogen and oxygen atoms in total. The standard InChI is InChI=1S/C11H17N3O/c1-11(2,8-12)14-10(15)6-9-4-3-5-13-7-9/h3-5,7H,6,8,12H2,1-2H3,(H,14,15). The minimum Gasteiger partial charge on any atom is -0.350 e. The van der Waals surface area contributed by atoms with Crippen LogP contribution in [0.5, 0.6) is 0 Å². The van der Waals surface area contributed by atoms with Gasteiger partial charge in [0.15, 0.2) is 0 Å². The molecule has 0 aliphatic carbocycles. The van der Waals surface area contributed by atoms with Gasteiger partial charge in [-0.05, 0) is 25.5 Å². The van der Waals surface area contributed by atoms with Crippen LogP contribution in [0.25, 0.3) is 0 Å². The van der Waals surface area contributed by atoms with E-state index in [-0.39, 0.29) is 11.4 Å². The number of pyridine rings is 1. The Kier molecular flexibility index (Phi) is 3.80. The van der Waals surface area contributed by atoms with Crippen molar-refractivity contribution in [1.29, 1.82) is 0 Å². The van der Waals surface area contributed by atoms with Gasteiger partial charge in [-0.15, -0.1) is 0 Å². The van der Waals surface area contributed by atoms with Crippen LogP contribution in [0, 0.1) is 0 Å². The van der Waals surface area contributed by atoms with E-state index < -0.39 is 0 Å². The van der Waals surface area contributed by atoms with Crippen LogP contribution in [-0.4, -0.2) is 23.0 Å². The number of aromatic nitrogens is 1. The summed E-state index contributed by atoms with van der Waals surface area (Å²) in [6.45, 7) is 4.22. The molecule has 3 N–H and O–H groups in total. The number of hydrogen-bond acceptors (Lipinski definition) is 3. The molecule has 1 amide bonds. The molecule has 0 fully saturated rings. The Hall–Kier alpha value is -1.42. The molecule has 1 rings (SSSR count). The van der Waals surface area contributed by atoms with Gasteiger partial charge in [0.05, 0.1) is 6.42 Å². The fourth-order valence-electron chi connectivity index (χ4n) is 1.16. The zero-order valence-electron chi connectivity index (χ0n) is 9.16. The fraction of sp³-hybridized carbons (Fsp3) is 0.455. The molecule has 0 saturated carbocycles. The summed E-state index contributed by atoms with van der Waals surface area (Å²) >= 11 is 0. The van der Waals surface area contributed by atoms with Crippen molar-refractivity contribution in [2.75, 3.05) is 6.54 Å². The van der Waals surface area contributed by atoms with Gasteiger partial charge in [-0.2, -0.15) is 0 Å². The zero-order chi connectivity index (χ0) is 11.3. The summed E-state index contributed by atoms with van der Waals surface area (Å²) in [5.41, 5.74) is 6.08. The molecule has 15 heavy (non-hydrogen) atoms. The van der Waals surface area contributed by atoms with Gasteiger partial charge in [0, 0.05) is 24.5 Å². The molecule has 82 valence electrons. The van der Waals surface area contributed by atoms with Crippen molar-refractivity contribution in [1.82, 2.24) is 10.3 Å². The van der Waals surface area contributed by atoms with E-state index in [9.17, 15) is 4.79 Å². The molecular formula is C11H17N3O. The second-order valence-electron chi connectivity index (χ2n) is 4.17. The van der Waals surface area contributed by atoms with Gasteiger partial charge >= 0.3 is 0 Å². The molecular weight excluding hydrogens is 190 g/mol. The van der Waals surface area contributed by atoms with E-state index in [0.29, 0.717) is 13.0 Å². The van der Waals surface area contributed by atoms with Gasteiger partial charge in [-0.25, -0.2) is 0 Å². The van der Waals surface area contributed by atoms with Gasteiger partial charge in [0.1, 0.15) is 0 Å². The summed E-state index contributed by atoms with van der Waals surface area (Å²) in [6.07, 6.45) is 3.72. The number of nitrogens with two attached hydrogens (primary N) is 1. The van der Waals surface area contributed by atoms with Crippen LogP contribution in [0.4, 0.5) is 0 Å². The third-order valence-electron chi connectivity index (χ3n) is 2.08. The highest BCUT2D eigenvalue weighted by atomic mass is 16.1. The molecule has 0 bridgehead atoms. The summed E-state index contributed by atoms with van der Waals surface area (Å²) in [5, 5.41) is 2.86. The van der Waals surface area contributed by atoms with Gasteiger partial charge in [-0.3, -0.25) is 9.78 Å². The molecule has 1 heterocycles. The number of carbonyl (C=O) groups excluding carboxylic acids is 1. The van der Waals surface area contributed by atoms with Crippen molar-refractivity contribution >= 4 is 5.91 Å². The van der Waals surface area contributed by atoms with Crippen LogP contribution in [-0.2, 0) is 11.2 Å². The van der Waals surface area contributed by atoms with Crippen LogP contribution in [0.2, 0.25) is 0 Å². The van der Waals surface area contributed by atoms with E-state index in [1.807, 2.05) is 26.0 Å². The highest BCUT2D eigenvalue weighted by molar-refractivity contribution is 5.79. The summed E-state index contributed by atoms with van der Waals surface area (Å²) < 4.78 is 0. The Morgan fingerprint density at radius 1 is 1.60 bits per heavy atom. The lowest BCUT2D eigenvalue weighted by Crippen LogP contribution is -2.49. The lowest BCUT2D eigenvalue weighted by molar-refractivity contribution is -0.121. The molecule has 0 aliphatic heterocycles. The molecule has 0 radical (unpaired) electrons. The van der Waals surface area contributed by atoms with Crippen LogP contribution < -0.4 is 11.1 Å². The first-order chi connectivity index (χ1) is 7.03. The summed E-state index contributed by atoms with van der Waals surface area (Å²) in [7, 11) is 0. The van der Waals surface area contributed by atoms with Crippen LogP contribution in [0.3, 0.4) is 0 Å². The van der Waals surface area contributed by atoms with Crippen molar-refractivity contribution in [3.63, 3.8) is 0 Å². The fourth-order valence-corrected chi connectivity index (χ4v) is 1.16. The van der Waals surface area contributed by atoms with Crippen molar-refractivity contribution in [3.8, 4) is 0 Å². The maximum Gasteiger partial charge on any atom is 0.224 e. The van der Waals surface area contributed by atoms with Crippen molar-refractivity contribution in [2.45, 2.75) is 25.8 Å². The highest BCUT2D eigenvalue weighted by Gasteiger charge is 2.17. The van der Waals surface area contributed by atoms with Gasteiger partial charge in [0.2, 0.25) is 5.91 Å². The average Bonchev–Trinajstić information content (AvgIpc) is 2.18. The van der Waals surface area contributed by atoms with E-state index in [2.05, 4.69) is 10.3 Å². The molecule has 0 aromatic carbocycles. The van der Waals surface area contributed by atoms with Gasteiger partial charge in [-0.1, -0.05) is 6.07 Å². The van der Waals surface area contributed by atoms with Crippen LogP contribution in [0.1, 0.15) is 19.4 Å². The summed E-state index contributed by atoms with van der Waals surface area (Å²) in [4.78, 5) is 15.5. The molecule has 1 aromatic heterocycles. The van der Waals surface area contributed by atoms with E-state index >= 15 is 0 Å². The number of nitrogens with one attached hydrogen (secondary N) is 1. The maximum atomic E-state index is 11.6. The highest BCUT2D eigenvalue weighted by Crippen LogP contribution is 2.01. The van der Waals surface area contributed by atoms with Crippen molar-refractivity contribution in [2.24, 2.45) is 5.73 Å². The molecule has 0 unspecified atom stereocenters. The Balaban J connectivity index is 2.51. The lowest BCUT2D eigenvalue weighted by atomic mass is 10.1. The number of hydrogen-bond donors (Lipinski definition) is 2. The van der Waals surface area contributed by atoms with Crippen LogP contribution >= 0.6 is 0 Å². The predicted octanol–water partition coefficient (Wildman–Crippen LogP) is 0.478. The minimum absolute atomic E-state index is 0.0292. The molecule has 0 aliphatic rings. The topological polar surface area (TPSA) is 68.0 Å². The van der Waals surface area contributed by atoms with Gasteiger partial charge < -0.3 is 11.1 Å². The minimum atomic E-state index is -0.348. The average molecular weight is 207 g/mol. The molecule has 4 heteroatoms. The van der Waals surface area contributed by atoms with E-state index in [4.69, 9.17) is 5.73 Å². The predicted molar refractivity (Wildman–Crippen MR) is 59.2 cm³/mol. The summed E-state index contributed by atoms with van der Waals surface area (Å²) in [5.74, 6) is -0.0292. The first kappa shape index (κ1) is 11.7. The largest absolute Gasteiger partial charge is 0.350 e. The monoisotopic (exact) mass is 207 g/mol. The lowest BCUT2D eigenvalue weighted by Gasteiger charge is -2.24. The van der Waals surface area contributed by atoms with Crippen LogP contribution in [0.15, 0.2) is 24.5 Å². The maximum absolute atomic E-state index is 11.6. The molecule has 0 saturated heterocycles. The third-order valence-corrected chi connectivity index (χ3v) is 2.08. The van der Waals surface area contributed by atoms with E-state index in [1.54, 1.807) is 12.4 Å². The molecule has 1 aromatic rings. The number of rotatable bonds is 4. The Morgan fingerprint density at radius 2 is 2.33 bits per heavy atom. The number of nitrogens with zero attached hydrogens (tertiary/aromatic N) is 1. The molecule has 0 spiro atoms. The quantitative estimate of drug-likeness (QED) is 0.754. The Bertz CT molecular complexity index is 322. The summed E-state index contributed by atoms with van der Waals surface area (Å²) in [6, 6.07) is 3.69. The van der Waals surface area contributed by atoms with E-state index in [0.717, 1.165) is 5.56 Å². The Morgan fingerprint density at radius 3 is 2.87 bits per heavy atom. The smallest absolute Gasteiger partial charge is 0.224 e. The second kappa shape index (κ2) is 4.89. The third kappa shape index (κ3) is 4.08. The first-order valence-electron chi connectivity index (χ1n) is 4.93. The van der Waals surface area contributed by atoms with E-state index in [1.165, 1.54) is 0 Å². The number of carbonyl (C=O) groups is 1. The van der Waals surface area contributed by atoms with Gasteiger partial charge in [0.25, 0.3) is 0 Å². The van der Waals surface area contributed by atoms with Crippen molar-refractivity contribution in [3.05, 3.63) is 30.1 Å². The molecule has 0 atom stereocenters. The Labute approximate surface area is 89.9 Å².